The van der Waals surface area contributed by atoms with E-state index < -0.39 is 0 Å². The predicted octanol–water partition coefficient (Wildman–Crippen LogP) is 3.16. The molecule has 1 rings (SSSR count). The third-order valence-electron chi connectivity index (χ3n) is 1.79. The maximum Gasteiger partial charge on any atom is 0.136 e. The number of nitriles is 1. The van der Waals surface area contributed by atoms with Crippen LogP contribution in [0.4, 0.5) is 0 Å². The summed E-state index contributed by atoms with van der Waals surface area (Å²) in [7, 11) is 1.58. The lowest BCUT2D eigenvalue weighted by Crippen LogP contribution is -1.89. The third-order valence-corrected chi connectivity index (χ3v) is 1.79. The van der Waals surface area contributed by atoms with Crippen molar-refractivity contribution in [1.29, 1.82) is 5.26 Å². The highest BCUT2D eigenvalue weighted by Crippen LogP contribution is 2.19. The lowest BCUT2D eigenvalue weighted by molar-refractivity contribution is 0.413. The highest BCUT2D eigenvalue weighted by atomic mass is 16.5. The van der Waals surface area contributed by atoms with Crippen molar-refractivity contribution in [2.75, 3.05) is 7.11 Å². The van der Waals surface area contributed by atoms with Gasteiger partial charge in [0, 0.05) is 0 Å². The van der Waals surface area contributed by atoms with Gasteiger partial charge in [-0.05, 0) is 24.1 Å². The van der Waals surface area contributed by atoms with Gasteiger partial charge in [0.1, 0.15) is 11.8 Å². The SMILES string of the molecule is CC.CCc1ccc(C#N)c(OC)c1. The minimum absolute atomic E-state index is 0.592. The maximum absolute atomic E-state index is 8.68. The fraction of sp³-hybridized carbons (Fsp3) is 0.417. The minimum Gasteiger partial charge on any atom is -0.495 e. The van der Waals surface area contributed by atoms with Crippen molar-refractivity contribution in [3.8, 4) is 11.8 Å². The molecule has 0 atom stereocenters. The van der Waals surface area contributed by atoms with E-state index in [2.05, 4.69) is 13.0 Å². The van der Waals surface area contributed by atoms with Crippen LogP contribution in [0.1, 0.15) is 31.9 Å². The van der Waals surface area contributed by atoms with Crippen LogP contribution in [0.15, 0.2) is 18.2 Å². The van der Waals surface area contributed by atoms with Gasteiger partial charge in [0.2, 0.25) is 0 Å². The average Bonchev–Trinajstić information content (AvgIpc) is 2.30. The first kappa shape index (κ1) is 12.5. The van der Waals surface area contributed by atoms with Gasteiger partial charge >= 0.3 is 0 Å². The van der Waals surface area contributed by atoms with E-state index in [0.29, 0.717) is 11.3 Å². The van der Waals surface area contributed by atoms with Gasteiger partial charge in [-0.3, -0.25) is 0 Å². The molecule has 2 nitrogen and oxygen atoms in total. The Morgan fingerprint density at radius 3 is 2.43 bits per heavy atom. The smallest absolute Gasteiger partial charge is 0.136 e. The predicted molar refractivity (Wildman–Crippen MR) is 58.4 cm³/mol. The molecule has 0 bridgehead atoms. The van der Waals surface area contributed by atoms with E-state index in [0.717, 1.165) is 6.42 Å². The monoisotopic (exact) mass is 191 g/mol. The summed E-state index contributed by atoms with van der Waals surface area (Å²) < 4.78 is 5.06. The molecule has 0 spiro atoms. The van der Waals surface area contributed by atoms with Crippen molar-refractivity contribution in [1.82, 2.24) is 0 Å². The summed E-state index contributed by atoms with van der Waals surface area (Å²) in [6.45, 7) is 6.07. The highest BCUT2D eigenvalue weighted by Gasteiger charge is 2.01. The van der Waals surface area contributed by atoms with Crippen LogP contribution in [-0.4, -0.2) is 7.11 Å². The molecule has 0 aliphatic carbocycles. The summed E-state index contributed by atoms with van der Waals surface area (Å²) in [4.78, 5) is 0. The first-order chi connectivity index (χ1) is 6.81. The summed E-state index contributed by atoms with van der Waals surface area (Å²) in [6, 6.07) is 7.71. The molecule has 2 heteroatoms. The van der Waals surface area contributed by atoms with Crippen LogP contribution >= 0.6 is 0 Å². The van der Waals surface area contributed by atoms with Crippen molar-refractivity contribution in [2.45, 2.75) is 27.2 Å². The number of aryl methyl sites for hydroxylation is 1. The van der Waals surface area contributed by atoms with Crippen molar-refractivity contribution < 1.29 is 4.74 Å². The normalized spacial score (nSPS) is 8.21. The quantitative estimate of drug-likeness (QED) is 0.719. The second-order valence-corrected chi connectivity index (χ2v) is 2.50. The molecular formula is C12H17NO. The lowest BCUT2D eigenvalue weighted by atomic mass is 10.1. The van der Waals surface area contributed by atoms with Crippen LogP contribution in [0.5, 0.6) is 5.75 Å². The Morgan fingerprint density at radius 1 is 1.36 bits per heavy atom. The fourth-order valence-electron chi connectivity index (χ4n) is 1.05. The van der Waals surface area contributed by atoms with Crippen molar-refractivity contribution in [3.63, 3.8) is 0 Å². The van der Waals surface area contributed by atoms with Crippen LogP contribution in [0.3, 0.4) is 0 Å². The lowest BCUT2D eigenvalue weighted by Gasteiger charge is -2.03. The molecule has 0 aliphatic rings. The van der Waals surface area contributed by atoms with E-state index in [1.807, 2.05) is 26.0 Å². The molecule has 1 aromatic rings. The van der Waals surface area contributed by atoms with E-state index in [-0.39, 0.29) is 0 Å². The molecule has 0 saturated heterocycles. The Morgan fingerprint density at radius 2 is 2.00 bits per heavy atom. The standard InChI is InChI=1S/C10H11NO.C2H6/c1-3-8-4-5-9(7-11)10(6-8)12-2;1-2/h4-6H,3H2,1-2H3;1-2H3. The molecule has 0 N–H and O–H groups in total. The molecule has 76 valence electrons. The number of hydrogen-bond acceptors (Lipinski definition) is 2. The number of nitrogens with zero attached hydrogens (tertiary/aromatic N) is 1. The van der Waals surface area contributed by atoms with Gasteiger partial charge in [0.15, 0.2) is 0 Å². The summed E-state index contributed by atoms with van der Waals surface area (Å²) >= 11 is 0. The van der Waals surface area contributed by atoms with E-state index in [4.69, 9.17) is 10.00 Å². The van der Waals surface area contributed by atoms with Gasteiger partial charge in [0.05, 0.1) is 12.7 Å². The summed E-state index contributed by atoms with van der Waals surface area (Å²) in [6.07, 6.45) is 0.960. The molecule has 0 fully saturated rings. The Balaban J connectivity index is 0.000000791. The summed E-state index contributed by atoms with van der Waals surface area (Å²) in [5.41, 5.74) is 1.78. The largest absolute Gasteiger partial charge is 0.495 e. The van der Waals surface area contributed by atoms with E-state index in [1.165, 1.54) is 5.56 Å². The van der Waals surface area contributed by atoms with E-state index in [1.54, 1.807) is 13.2 Å². The van der Waals surface area contributed by atoms with Crippen LogP contribution in [0, 0.1) is 11.3 Å². The molecule has 14 heavy (non-hydrogen) atoms. The van der Waals surface area contributed by atoms with Crippen molar-refractivity contribution in [2.24, 2.45) is 0 Å². The van der Waals surface area contributed by atoms with Gasteiger partial charge in [0.25, 0.3) is 0 Å². The fourth-order valence-corrected chi connectivity index (χ4v) is 1.05. The Bertz CT molecular complexity index is 313. The second-order valence-electron chi connectivity index (χ2n) is 2.50. The molecule has 0 saturated carbocycles. The first-order valence-electron chi connectivity index (χ1n) is 4.88. The number of rotatable bonds is 2. The molecule has 1 aromatic carbocycles. The van der Waals surface area contributed by atoms with E-state index >= 15 is 0 Å². The number of ether oxygens (including phenoxy) is 1. The average molecular weight is 191 g/mol. The first-order valence-corrected chi connectivity index (χ1v) is 4.88. The molecule has 0 aromatic heterocycles. The van der Waals surface area contributed by atoms with Gasteiger partial charge in [-0.15, -0.1) is 0 Å². The van der Waals surface area contributed by atoms with Gasteiger partial charge in [-0.1, -0.05) is 26.8 Å². The van der Waals surface area contributed by atoms with Crippen LogP contribution in [0.2, 0.25) is 0 Å². The molecule has 0 heterocycles. The van der Waals surface area contributed by atoms with E-state index in [9.17, 15) is 0 Å². The number of methoxy groups -OCH3 is 1. The number of benzene rings is 1. The van der Waals surface area contributed by atoms with Crippen molar-refractivity contribution in [3.05, 3.63) is 29.3 Å². The zero-order chi connectivity index (χ0) is 11.0. The molecule has 0 radical (unpaired) electrons. The van der Waals surface area contributed by atoms with Gasteiger partial charge < -0.3 is 4.74 Å². The van der Waals surface area contributed by atoms with Gasteiger partial charge in [-0.2, -0.15) is 5.26 Å². The third kappa shape index (κ3) is 3.10. The van der Waals surface area contributed by atoms with Crippen LogP contribution in [-0.2, 0) is 6.42 Å². The van der Waals surface area contributed by atoms with Crippen molar-refractivity contribution >= 4 is 0 Å². The van der Waals surface area contributed by atoms with Crippen LogP contribution in [0.25, 0.3) is 0 Å². The highest BCUT2D eigenvalue weighted by molar-refractivity contribution is 5.45. The molecular weight excluding hydrogens is 174 g/mol. The summed E-state index contributed by atoms with van der Waals surface area (Å²) in [5, 5.41) is 8.68. The Hall–Kier alpha value is -1.49. The van der Waals surface area contributed by atoms with Crippen LogP contribution < -0.4 is 4.74 Å². The van der Waals surface area contributed by atoms with Gasteiger partial charge in [-0.25, -0.2) is 0 Å². The molecule has 0 aliphatic heterocycles. The zero-order valence-corrected chi connectivity index (χ0v) is 9.29. The Labute approximate surface area is 86.1 Å². The topological polar surface area (TPSA) is 33.0 Å². The minimum atomic E-state index is 0.592. The maximum atomic E-state index is 8.68. The molecule has 0 amide bonds. The summed E-state index contributed by atoms with van der Waals surface area (Å²) in [5.74, 6) is 0.664. The zero-order valence-electron chi connectivity index (χ0n) is 9.29. The molecule has 0 unspecified atom stereocenters. The second kappa shape index (κ2) is 6.97. The Kier molecular flexibility index (Phi) is 6.22. The number of hydrogen-bond donors (Lipinski definition) is 0.